The lowest BCUT2D eigenvalue weighted by molar-refractivity contribution is -0.136. The Morgan fingerprint density at radius 1 is 0.857 bits per heavy atom. The van der Waals surface area contributed by atoms with Gasteiger partial charge in [-0.3, -0.25) is 0 Å². The molecular formula is C12H5F7N2. The largest absolute Gasteiger partial charge is 0.418 e. The molecule has 1 aromatic carbocycles. The van der Waals surface area contributed by atoms with Crippen LogP contribution in [0.5, 0.6) is 0 Å². The maximum Gasteiger partial charge on any atom is 0.418 e. The minimum absolute atomic E-state index is 0.645. The molecule has 0 aliphatic heterocycles. The molecule has 0 saturated carbocycles. The standard InChI is InChI=1S/C12H5F7N2/c13-7-9(8(14)11(16)21-10(7)15)20-6-4-2-1-3-5(6)12(17,18)19/h1-4H,(H,20,21). The predicted octanol–water partition coefficient (Wildman–Crippen LogP) is 4.40. The average Bonchev–Trinajstić information content (AvgIpc) is 2.41. The van der Waals surface area contributed by atoms with Gasteiger partial charge in [-0.25, -0.2) is 0 Å². The summed E-state index contributed by atoms with van der Waals surface area (Å²) in [7, 11) is 0. The van der Waals surface area contributed by atoms with Gasteiger partial charge in [0.2, 0.25) is 11.6 Å². The highest BCUT2D eigenvalue weighted by molar-refractivity contribution is 5.64. The van der Waals surface area contributed by atoms with Crippen molar-refractivity contribution in [2.75, 3.05) is 5.32 Å². The molecule has 112 valence electrons. The number of halogens is 7. The number of anilines is 2. The SMILES string of the molecule is Fc1nc(F)c(F)c(Nc2ccccc2C(F)(F)F)c1F. The van der Waals surface area contributed by atoms with Crippen molar-refractivity contribution in [3.8, 4) is 0 Å². The number of alkyl halides is 3. The molecule has 1 aromatic heterocycles. The predicted molar refractivity (Wildman–Crippen MR) is 58.8 cm³/mol. The lowest BCUT2D eigenvalue weighted by Crippen LogP contribution is -2.11. The van der Waals surface area contributed by atoms with E-state index in [1.807, 2.05) is 0 Å². The number of benzene rings is 1. The second-order valence-corrected chi connectivity index (χ2v) is 3.86. The second kappa shape index (κ2) is 5.23. The lowest BCUT2D eigenvalue weighted by Gasteiger charge is -2.15. The monoisotopic (exact) mass is 310 g/mol. The maximum absolute atomic E-state index is 13.4. The fourth-order valence-electron chi connectivity index (χ4n) is 1.57. The van der Waals surface area contributed by atoms with E-state index in [0.717, 1.165) is 18.2 Å². The highest BCUT2D eigenvalue weighted by Crippen LogP contribution is 2.36. The second-order valence-electron chi connectivity index (χ2n) is 3.86. The number of hydrogen-bond donors (Lipinski definition) is 1. The van der Waals surface area contributed by atoms with Gasteiger partial charge in [-0.1, -0.05) is 12.1 Å². The minimum atomic E-state index is -4.82. The summed E-state index contributed by atoms with van der Waals surface area (Å²) < 4.78 is 90.7. The van der Waals surface area contributed by atoms with Gasteiger partial charge in [0.15, 0.2) is 0 Å². The van der Waals surface area contributed by atoms with Gasteiger partial charge in [0.1, 0.15) is 5.69 Å². The Kier molecular flexibility index (Phi) is 3.75. The van der Waals surface area contributed by atoms with Crippen LogP contribution in [0.25, 0.3) is 0 Å². The average molecular weight is 310 g/mol. The first-order chi connectivity index (χ1) is 9.71. The van der Waals surface area contributed by atoms with Crippen LogP contribution in [0.1, 0.15) is 5.56 Å². The van der Waals surface area contributed by atoms with Crippen LogP contribution in [-0.2, 0) is 6.18 Å². The fraction of sp³-hybridized carbons (Fsp3) is 0.0833. The van der Waals surface area contributed by atoms with Gasteiger partial charge in [0.25, 0.3) is 11.9 Å². The van der Waals surface area contributed by atoms with Gasteiger partial charge < -0.3 is 5.32 Å². The molecule has 0 radical (unpaired) electrons. The first-order valence-corrected chi connectivity index (χ1v) is 5.35. The highest BCUT2D eigenvalue weighted by Gasteiger charge is 2.34. The summed E-state index contributed by atoms with van der Waals surface area (Å²) in [6, 6.07) is 3.71. The number of hydrogen-bond acceptors (Lipinski definition) is 2. The Morgan fingerprint density at radius 2 is 1.38 bits per heavy atom. The summed E-state index contributed by atoms with van der Waals surface area (Å²) in [5.41, 5.74) is -3.40. The molecule has 1 heterocycles. The fourth-order valence-corrected chi connectivity index (χ4v) is 1.57. The summed E-state index contributed by atoms with van der Waals surface area (Å²) in [6.45, 7) is 0. The summed E-state index contributed by atoms with van der Waals surface area (Å²) in [5, 5.41) is 1.71. The van der Waals surface area contributed by atoms with Crippen molar-refractivity contribution in [1.82, 2.24) is 4.98 Å². The van der Waals surface area contributed by atoms with Crippen LogP contribution in [-0.4, -0.2) is 4.98 Å². The molecule has 0 fully saturated rings. The van der Waals surface area contributed by atoms with E-state index < -0.39 is 46.6 Å². The summed E-state index contributed by atoms with van der Waals surface area (Å²) in [6.07, 6.45) is -4.82. The Hall–Kier alpha value is -2.32. The molecule has 1 N–H and O–H groups in total. The Bertz CT molecular complexity index is 656. The van der Waals surface area contributed by atoms with Crippen molar-refractivity contribution in [2.24, 2.45) is 0 Å². The number of aromatic nitrogens is 1. The number of nitrogens with zero attached hydrogens (tertiary/aromatic N) is 1. The molecular weight excluding hydrogens is 305 g/mol. The van der Waals surface area contributed by atoms with E-state index in [2.05, 4.69) is 4.98 Å². The van der Waals surface area contributed by atoms with E-state index in [4.69, 9.17) is 0 Å². The van der Waals surface area contributed by atoms with Crippen LogP contribution in [0.2, 0.25) is 0 Å². The van der Waals surface area contributed by atoms with Crippen LogP contribution < -0.4 is 5.32 Å². The molecule has 2 rings (SSSR count). The summed E-state index contributed by atoms with van der Waals surface area (Å²) >= 11 is 0. The lowest BCUT2D eigenvalue weighted by atomic mass is 10.1. The number of rotatable bonds is 2. The van der Waals surface area contributed by atoms with Crippen LogP contribution in [0.4, 0.5) is 42.1 Å². The minimum Gasteiger partial charge on any atom is -0.350 e. The van der Waals surface area contributed by atoms with Gasteiger partial charge in [0, 0.05) is 0 Å². The Labute approximate surface area is 113 Å². The van der Waals surface area contributed by atoms with E-state index >= 15 is 0 Å². The third-order valence-corrected chi connectivity index (χ3v) is 2.49. The van der Waals surface area contributed by atoms with Crippen LogP contribution in [0.3, 0.4) is 0 Å². The normalized spacial score (nSPS) is 11.6. The molecule has 0 atom stereocenters. The zero-order chi connectivity index (χ0) is 15.8. The van der Waals surface area contributed by atoms with Gasteiger partial charge in [0.05, 0.1) is 11.3 Å². The van der Waals surface area contributed by atoms with E-state index in [1.165, 1.54) is 0 Å². The van der Waals surface area contributed by atoms with E-state index in [0.29, 0.717) is 6.07 Å². The van der Waals surface area contributed by atoms with Crippen molar-refractivity contribution >= 4 is 11.4 Å². The Balaban J connectivity index is 2.54. The number of para-hydroxylation sites is 1. The molecule has 0 spiro atoms. The first-order valence-electron chi connectivity index (χ1n) is 5.35. The molecule has 21 heavy (non-hydrogen) atoms. The van der Waals surface area contributed by atoms with Crippen molar-refractivity contribution < 1.29 is 30.7 Å². The van der Waals surface area contributed by atoms with E-state index in [9.17, 15) is 30.7 Å². The smallest absolute Gasteiger partial charge is 0.350 e. The third kappa shape index (κ3) is 2.91. The quantitative estimate of drug-likeness (QED) is 0.657. The van der Waals surface area contributed by atoms with Crippen molar-refractivity contribution in [1.29, 1.82) is 0 Å². The summed E-state index contributed by atoms with van der Waals surface area (Å²) in [4.78, 5) is 2.30. The Morgan fingerprint density at radius 3 is 1.90 bits per heavy atom. The third-order valence-electron chi connectivity index (χ3n) is 2.49. The highest BCUT2D eigenvalue weighted by atomic mass is 19.4. The molecule has 0 aliphatic rings. The van der Waals surface area contributed by atoms with E-state index in [1.54, 1.807) is 5.32 Å². The molecule has 2 nitrogen and oxygen atoms in total. The van der Waals surface area contributed by atoms with Crippen LogP contribution in [0, 0.1) is 23.5 Å². The topological polar surface area (TPSA) is 24.9 Å². The molecule has 0 unspecified atom stereocenters. The van der Waals surface area contributed by atoms with Crippen LogP contribution >= 0.6 is 0 Å². The van der Waals surface area contributed by atoms with Crippen molar-refractivity contribution in [2.45, 2.75) is 6.18 Å². The van der Waals surface area contributed by atoms with Gasteiger partial charge >= 0.3 is 6.18 Å². The number of nitrogens with one attached hydrogen (secondary N) is 1. The van der Waals surface area contributed by atoms with Crippen molar-refractivity contribution in [3.05, 3.63) is 53.4 Å². The molecule has 0 bridgehead atoms. The number of pyridine rings is 1. The molecule has 0 amide bonds. The van der Waals surface area contributed by atoms with Crippen LogP contribution in [0.15, 0.2) is 24.3 Å². The molecule has 2 aromatic rings. The van der Waals surface area contributed by atoms with Crippen molar-refractivity contribution in [3.63, 3.8) is 0 Å². The molecule has 0 aliphatic carbocycles. The molecule has 9 heteroatoms. The molecule has 0 saturated heterocycles. The van der Waals surface area contributed by atoms with E-state index in [-0.39, 0.29) is 0 Å². The van der Waals surface area contributed by atoms with Gasteiger partial charge in [-0.05, 0) is 12.1 Å². The maximum atomic E-state index is 13.4. The van der Waals surface area contributed by atoms with Gasteiger partial charge in [-0.2, -0.15) is 35.7 Å². The van der Waals surface area contributed by atoms with Gasteiger partial charge in [-0.15, -0.1) is 0 Å². The first kappa shape index (κ1) is 15.1. The zero-order valence-corrected chi connectivity index (χ0v) is 9.90. The summed E-state index contributed by atoms with van der Waals surface area (Å²) in [5.74, 6) is -7.79. The zero-order valence-electron chi connectivity index (χ0n) is 9.90.